The Hall–Kier alpha value is -0.530. The monoisotopic (exact) mass is 606 g/mol. The molecule has 0 aromatic heterocycles. The average Bonchev–Trinajstić information content (AvgIpc) is 3.00. The summed E-state index contributed by atoms with van der Waals surface area (Å²) < 4.78 is 0. The van der Waals surface area contributed by atoms with Crippen LogP contribution in [0.25, 0.3) is 0 Å². The van der Waals surface area contributed by atoms with Crippen LogP contribution in [0.5, 0.6) is 0 Å². The summed E-state index contributed by atoms with van der Waals surface area (Å²) in [5, 5.41) is 0. The molecule has 0 aromatic carbocycles. The van der Waals surface area contributed by atoms with Gasteiger partial charge in [-0.05, 0) is 6.42 Å². The molecule has 0 spiro atoms. The maximum atomic E-state index is 10.7. The van der Waals surface area contributed by atoms with Gasteiger partial charge < -0.3 is 5.73 Å². The van der Waals surface area contributed by atoms with Crippen molar-refractivity contribution in [3.8, 4) is 0 Å². The van der Waals surface area contributed by atoms with Crippen LogP contribution in [0.2, 0.25) is 0 Å². The summed E-state index contributed by atoms with van der Waals surface area (Å²) in [4.78, 5) is 10.7. The normalized spacial score (nSPS) is 11.5. The number of primary amides is 1. The van der Waals surface area contributed by atoms with Crippen LogP contribution in [-0.2, 0) is 4.79 Å². The van der Waals surface area contributed by atoms with Crippen molar-refractivity contribution in [2.24, 2.45) is 5.73 Å². The minimum Gasteiger partial charge on any atom is -0.370 e. The number of amides is 1. The molecule has 1 amide bonds. The summed E-state index contributed by atoms with van der Waals surface area (Å²) in [6.07, 6.45) is 55.1. The Balaban J connectivity index is 3.03. The molecule has 0 saturated heterocycles. The molecule has 0 rings (SSSR count). The molecule has 0 aliphatic rings. The van der Waals surface area contributed by atoms with E-state index in [1.165, 1.54) is 238 Å². The van der Waals surface area contributed by atoms with E-state index < -0.39 is 0 Å². The fraction of sp³-hybridized carbons (Fsp3) is 0.976. The second kappa shape index (κ2) is 39.5. The maximum Gasteiger partial charge on any atom is 0.217 e. The number of nitrogens with two attached hydrogens (primary N) is 1. The maximum absolute atomic E-state index is 10.7. The van der Waals surface area contributed by atoms with Gasteiger partial charge in [-0.25, -0.2) is 0 Å². The Kier molecular flexibility index (Phi) is 39.0. The lowest BCUT2D eigenvalue weighted by molar-refractivity contribution is -0.118. The van der Waals surface area contributed by atoms with Gasteiger partial charge in [-0.1, -0.05) is 244 Å². The number of carbonyl (C=O) groups is 1. The van der Waals surface area contributed by atoms with Gasteiger partial charge in [0.1, 0.15) is 0 Å². The van der Waals surface area contributed by atoms with Gasteiger partial charge in [0, 0.05) is 6.42 Å². The average molecular weight is 606 g/mol. The molecule has 0 heterocycles. The van der Waals surface area contributed by atoms with Crippen LogP contribution in [0.1, 0.15) is 257 Å². The quantitative estimate of drug-likeness (QED) is 0.0696. The van der Waals surface area contributed by atoms with Crippen LogP contribution in [0.4, 0.5) is 0 Å². The summed E-state index contributed by atoms with van der Waals surface area (Å²) in [6.45, 7) is 2.31. The molecule has 43 heavy (non-hydrogen) atoms. The van der Waals surface area contributed by atoms with E-state index in [0.717, 1.165) is 6.42 Å². The molecule has 0 aliphatic carbocycles. The van der Waals surface area contributed by atoms with Crippen LogP contribution >= 0.6 is 0 Å². The van der Waals surface area contributed by atoms with Crippen molar-refractivity contribution >= 4 is 5.91 Å². The molecule has 0 radical (unpaired) electrons. The van der Waals surface area contributed by atoms with E-state index in [4.69, 9.17) is 5.73 Å². The first-order valence-electron chi connectivity index (χ1n) is 20.6. The van der Waals surface area contributed by atoms with E-state index in [1.807, 2.05) is 0 Å². The van der Waals surface area contributed by atoms with E-state index in [0.29, 0.717) is 6.42 Å². The van der Waals surface area contributed by atoms with E-state index in [1.54, 1.807) is 0 Å². The molecule has 0 saturated carbocycles. The topological polar surface area (TPSA) is 43.1 Å². The molecular formula is C41H83NO. The summed E-state index contributed by atoms with van der Waals surface area (Å²) in [5.74, 6) is -0.147. The fourth-order valence-electron chi connectivity index (χ4n) is 6.74. The minimum absolute atomic E-state index is 0.147. The van der Waals surface area contributed by atoms with Gasteiger partial charge in [-0.15, -0.1) is 0 Å². The zero-order valence-corrected chi connectivity index (χ0v) is 30.1. The highest BCUT2D eigenvalue weighted by molar-refractivity contribution is 5.73. The van der Waals surface area contributed by atoms with Crippen LogP contribution in [0, 0.1) is 0 Å². The second-order valence-electron chi connectivity index (χ2n) is 14.3. The highest BCUT2D eigenvalue weighted by atomic mass is 16.1. The lowest BCUT2D eigenvalue weighted by Crippen LogP contribution is -2.09. The zero-order chi connectivity index (χ0) is 31.2. The van der Waals surface area contributed by atoms with Gasteiger partial charge in [0.2, 0.25) is 5.91 Å². The highest BCUT2D eigenvalue weighted by Gasteiger charge is 1.98. The third kappa shape index (κ3) is 41.5. The number of hydrogen-bond acceptors (Lipinski definition) is 1. The van der Waals surface area contributed by atoms with Crippen molar-refractivity contribution in [3.05, 3.63) is 0 Å². The van der Waals surface area contributed by atoms with Gasteiger partial charge >= 0.3 is 0 Å². The van der Waals surface area contributed by atoms with Crippen molar-refractivity contribution in [1.82, 2.24) is 0 Å². The van der Waals surface area contributed by atoms with E-state index >= 15 is 0 Å². The van der Waals surface area contributed by atoms with Crippen molar-refractivity contribution < 1.29 is 4.79 Å². The first-order chi connectivity index (χ1) is 21.3. The van der Waals surface area contributed by atoms with Gasteiger partial charge in [0.05, 0.1) is 0 Å². The van der Waals surface area contributed by atoms with Crippen LogP contribution in [0.3, 0.4) is 0 Å². The van der Waals surface area contributed by atoms with Gasteiger partial charge in [0.25, 0.3) is 0 Å². The Bertz CT molecular complexity index is 504. The van der Waals surface area contributed by atoms with Crippen LogP contribution in [-0.4, -0.2) is 5.91 Å². The summed E-state index contributed by atoms with van der Waals surface area (Å²) in [7, 11) is 0. The Morgan fingerprint density at radius 2 is 0.419 bits per heavy atom. The molecule has 0 bridgehead atoms. The first kappa shape index (κ1) is 42.5. The molecule has 258 valence electrons. The largest absolute Gasteiger partial charge is 0.370 e. The lowest BCUT2D eigenvalue weighted by Gasteiger charge is -2.05. The first-order valence-corrected chi connectivity index (χ1v) is 20.6. The molecule has 0 fully saturated rings. The van der Waals surface area contributed by atoms with Crippen molar-refractivity contribution in [2.45, 2.75) is 257 Å². The zero-order valence-electron chi connectivity index (χ0n) is 30.1. The summed E-state index contributed by atoms with van der Waals surface area (Å²) in [5.41, 5.74) is 5.18. The van der Waals surface area contributed by atoms with Crippen molar-refractivity contribution in [1.29, 1.82) is 0 Å². The standard InChI is InChI=1S/C41H83NO/c1-2-3-4-5-6-7-8-9-10-11-12-13-14-15-16-17-18-19-20-21-22-23-24-25-26-27-28-29-30-31-32-33-34-35-36-37-38-39-40-41(42)43/h2-40H2,1H3,(H2,42,43). The Morgan fingerprint density at radius 1 is 0.279 bits per heavy atom. The number of rotatable bonds is 39. The lowest BCUT2D eigenvalue weighted by atomic mass is 10.0. The second-order valence-corrected chi connectivity index (χ2v) is 14.3. The fourth-order valence-corrected chi connectivity index (χ4v) is 6.74. The molecule has 0 unspecified atom stereocenters. The van der Waals surface area contributed by atoms with Gasteiger partial charge in [0.15, 0.2) is 0 Å². The van der Waals surface area contributed by atoms with Crippen LogP contribution < -0.4 is 5.73 Å². The molecule has 0 aromatic rings. The molecule has 0 atom stereocenters. The highest BCUT2D eigenvalue weighted by Crippen LogP contribution is 2.17. The number of unbranched alkanes of at least 4 members (excludes halogenated alkanes) is 37. The van der Waals surface area contributed by atoms with E-state index in [9.17, 15) is 4.79 Å². The number of hydrogen-bond donors (Lipinski definition) is 1. The van der Waals surface area contributed by atoms with Gasteiger partial charge in [-0.2, -0.15) is 0 Å². The smallest absolute Gasteiger partial charge is 0.217 e. The predicted molar refractivity (Wildman–Crippen MR) is 195 cm³/mol. The summed E-state index contributed by atoms with van der Waals surface area (Å²) >= 11 is 0. The van der Waals surface area contributed by atoms with E-state index in [-0.39, 0.29) is 5.91 Å². The molecule has 2 N–H and O–H groups in total. The predicted octanol–water partition coefficient (Wildman–Crippen LogP) is 14.7. The van der Waals surface area contributed by atoms with Gasteiger partial charge in [-0.3, -0.25) is 4.79 Å². The van der Waals surface area contributed by atoms with Crippen LogP contribution in [0.15, 0.2) is 0 Å². The molecule has 2 nitrogen and oxygen atoms in total. The Morgan fingerprint density at radius 3 is 0.558 bits per heavy atom. The molecular weight excluding hydrogens is 522 g/mol. The molecule has 0 aliphatic heterocycles. The summed E-state index contributed by atoms with van der Waals surface area (Å²) in [6, 6.07) is 0. The third-order valence-electron chi connectivity index (χ3n) is 9.78. The minimum atomic E-state index is -0.147. The van der Waals surface area contributed by atoms with Crippen molar-refractivity contribution in [2.75, 3.05) is 0 Å². The van der Waals surface area contributed by atoms with E-state index in [2.05, 4.69) is 6.92 Å². The molecule has 2 heteroatoms. The third-order valence-corrected chi connectivity index (χ3v) is 9.78. The SMILES string of the molecule is CCCCCCCCCCCCCCCCCCCCCCCCCCCCCCCCCCCCCCCCC(N)=O. The number of carbonyl (C=O) groups excluding carboxylic acids is 1. The Labute approximate surface area is 273 Å². The van der Waals surface area contributed by atoms with Crippen molar-refractivity contribution in [3.63, 3.8) is 0 Å².